The highest BCUT2D eigenvalue weighted by Crippen LogP contribution is 2.56. The second-order valence-electron chi connectivity index (χ2n) is 19.0. The predicted octanol–water partition coefficient (Wildman–Crippen LogP) is 15.9. The van der Waals surface area contributed by atoms with Crippen molar-refractivity contribution in [2.45, 2.75) is 5.41 Å². The van der Waals surface area contributed by atoms with Crippen LogP contribution in [0.3, 0.4) is 0 Å². The van der Waals surface area contributed by atoms with Gasteiger partial charge in [-0.1, -0.05) is 182 Å². The van der Waals surface area contributed by atoms with Crippen molar-refractivity contribution in [1.29, 1.82) is 0 Å². The number of Topliss-reactive ketones (excluding diaryl/α,β-unsaturated/α-hetero) is 4. The molecule has 0 heterocycles. The molecule has 6 heteroatoms. The SMILES string of the molecule is O=C1C(=Cc2ccc(N(c3ccccc3)c3ccc(C4(c5ccc(N(c6ccccc6)c6ccc(C=C7C(=O)c8ccccc8C7=O)cc6)cc5)c5ccccc5-c5ccccc54)cc3)cc2)C(=O)c2ccccc21. The van der Waals surface area contributed by atoms with Gasteiger partial charge >= 0.3 is 0 Å². The third-order valence-electron chi connectivity index (χ3n) is 14.8. The van der Waals surface area contributed by atoms with E-state index in [4.69, 9.17) is 0 Å². The maximum absolute atomic E-state index is 13.3. The highest BCUT2D eigenvalue weighted by atomic mass is 16.2. The highest BCUT2D eigenvalue weighted by molar-refractivity contribution is 6.42. The molecular weight excluding hydrogens is 921 g/mol. The summed E-state index contributed by atoms with van der Waals surface area (Å²) in [7, 11) is 0. The second-order valence-corrected chi connectivity index (χ2v) is 19.0. The first kappa shape index (κ1) is 44.9. The Balaban J connectivity index is 0.874. The Bertz CT molecular complexity index is 3650. The van der Waals surface area contributed by atoms with Gasteiger partial charge in [-0.05, 0) is 129 Å². The van der Waals surface area contributed by atoms with E-state index in [0.717, 1.165) is 56.4 Å². The molecule has 0 spiro atoms. The Morgan fingerprint density at radius 2 is 0.507 bits per heavy atom. The van der Waals surface area contributed by atoms with Crippen LogP contribution in [0.5, 0.6) is 0 Å². The number of hydrogen-bond acceptors (Lipinski definition) is 6. The smallest absolute Gasteiger partial charge is 0.197 e. The zero-order chi connectivity index (χ0) is 50.6. The van der Waals surface area contributed by atoms with Crippen LogP contribution in [0.15, 0.2) is 266 Å². The first-order valence-electron chi connectivity index (χ1n) is 25.0. The molecule has 6 nitrogen and oxygen atoms in total. The van der Waals surface area contributed by atoms with E-state index in [-0.39, 0.29) is 34.3 Å². The summed E-state index contributed by atoms with van der Waals surface area (Å²) in [5.41, 5.74) is 15.7. The topological polar surface area (TPSA) is 74.8 Å². The molecule has 0 aromatic heterocycles. The lowest BCUT2D eigenvalue weighted by atomic mass is 9.67. The third kappa shape index (κ3) is 7.42. The van der Waals surface area contributed by atoms with Gasteiger partial charge < -0.3 is 9.80 Å². The van der Waals surface area contributed by atoms with Crippen molar-refractivity contribution in [3.05, 3.63) is 322 Å². The van der Waals surface area contributed by atoms with E-state index in [1.807, 2.05) is 84.9 Å². The number of carbonyl (C=O) groups excluding carboxylic acids is 4. The maximum atomic E-state index is 13.3. The van der Waals surface area contributed by atoms with Gasteiger partial charge in [0.2, 0.25) is 0 Å². The number of fused-ring (bicyclic) bond motifs is 5. The molecule has 0 saturated heterocycles. The van der Waals surface area contributed by atoms with E-state index in [2.05, 4.69) is 131 Å². The number of benzene rings is 10. The molecule has 0 amide bonds. The van der Waals surface area contributed by atoms with Crippen molar-refractivity contribution < 1.29 is 19.2 Å². The number of hydrogen-bond donors (Lipinski definition) is 0. The number of anilines is 6. The molecule has 3 aliphatic rings. The summed E-state index contributed by atoms with van der Waals surface area (Å²) in [4.78, 5) is 57.4. The summed E-state index contributed by atoms with van der Waals surface area (Å²) in [6.07, 6.45) is 3.39. The predicted molar refractivity (Wildman–Crippen MR) is 299 cm³/mol. The molecule has 0 N–H and O–H groups in total. The van der Waals surface area contributed by atoms with Gasteiger partial charge in [0.05, 0.1) is 16.6 Å². The van der Waals surface area contributed by atoms with Crippen LogP contribution in [0.25, 0.3) is 23.3 Å². The maximum Gasteiger partial charge on any atom is 0.197 e. The Morgan fingerprint density at radius 3 is 0.827 bits per heavy atom. The largest absolute Gasteiger partial charge is 0.311 e. The monoisotopic (exact) mass is 964 g/mol. The molecule has 10 aromatic rings. The molecule has 13 rings (SSSR count). The molecule has 0 fully saturated rings. The molecule has 3 aliphatic carbocycles. The third-order valence-corrected chi connectivity index (χ3v) is 14.8. The van der Waals surface area contributed by atoms with Crippen LogP contribution in [-0.4, -0.2) is 23.1 Å². The van der Waals surface area contributed by atoms with Crippen molar-refractivity contribution in [3.8, 4) is 11.1 Å². The van der Waals surface area contributed by atoms with Crippen LogP contribution in [0.4, 0.5) is 34.1 Å². The summed E-state index contributed by atoms with van der Waals surface area (Å²) >= 11 is 0. The van der Waals surface area contributed by atoms with Crippen molar-refractivity contribution in [2.24, 2.45) is 0 Å². The zero-order valence-electron chi connectivity index (χ0n) is 40.4. The van der Waals surface area contributed by atoms with E-state index >= 15 is 0 Å². The standard InChI is InChI=1S/C69H44N2O4/c72-65-57-21-7-8-22-58(57)66(73)61(65)43-45-27-35-51(36-28-45)70(49-15-3-1-4-16-49)53-39-31-47(32-40-53)69(63-25-13-11-19-55(63)56-20-12-14-26-64(56)69)48-33-41-54(42-34-48)71(50-17-5-2-6-18-50)52-37-29-46(30-38-52)44-62-67(74)59-23-9-10-24-60(59)68(62)75/h1-44H. The Morgan fingerprint density at radius 1 is 0.253 bits per heavy atom. The van der Waals surface area contributed by atoms with E-state index in [0.29, 0.717) is 22.3 Å². The van der Waals surface area contributed by atoms with Crippen LogP contribution in [-0.2, 0) is 5.41 Å². The average molecular weight is 965 g/mol. The number of para-hydroxylation sites is 2. The van der Waals surface area contributed by atoms with E-state index < -0.39 is 5.41 Å². The second kappa shape index (κ2) is 18.2. The minimum atomic E-state index is -0.673. The van der Waals surface area contributed by atoms with Crippen LogP contribution in [0.1, 0.15) is 74.8 Å². The number of ketones is 4. The first-order chi connectivity index (χ1) is 36.9. The Labute approximate surface area is 434 Å². The Hall–Kier alpha value is -10.0. The van der Waals surface area contributed by atoms with Crippen molar-refractivity contribution in [1.82, 2.24) is 0 Å². The van der Waals surface area contributed by atoms with Crippen LogP contribution < -0.4 is 9.80 Å². The van der Waals surface area contributed by atoms with Gasteiger partial charge in [0.15, 0.2) is 23.1 Å². The molecule has 0 aliphatic heterocycles. The van der Waals surface area contributed by atoms with Gasteiger partial charge in [-0.2, -0.15) is 0 Å². The summed E-state index contributed by atoms with van der Waals surface area (Å²) in [5, 5.41) is 0. The quantitative estimate of drug-likeness (QED) is 0.100. The lowest BCUT2D eigenvalue weighted by molar-refractivity contribution is 0.0975. The minimum Gasteiger partial charge on any atom is -0.311 e. The lowest BCUT2D eigenvalue weighted by Crippen LogP contribution is -2.28. The van der Waals surface area contributed by atoms with Gasteiger partial charge in [-0.15, -0.1) is 0 Å². The van der Waals surface area contributed by atoms with Crippen LogP contribution >= 0.6 is 0 Å². The minimum absolute atomic E-state index is 0.178. The molecule has 0 saturated carbocycles. The fourth-order valence-electron chi connectivity index (χ4n) is 11.4. The molecular formula is C69H44N2O4. The summed E-state index contributed by atoms with van der Waals surface area (Å²) in [6, 6.07) is 85.7. The van der Waals surface area contributed by atoms with E-state index in [9.17, 15) is 19.2 Å². The van der Waals surface area contributed by atoms with Gasteiger partial charge in [0, 0.05) is 56.4 Å². The number of rotatable bonds is 10. The van der Waals surface area contributed by atoms with Crippen molar-refractivity contribution in [3.63, 3.8) is 0 Å². The molecule has 354 valence electrons. The molecule has 10 aromatic carbocycles. The van der Waals surface area contributed by atoms with Crippen LogP contribution in [0.2, 0.25) is 0 Å². The fourth-order valence-corrected chi connectivity index (χ4v) is 11.4. The molecule has 0 radical (unpaired) electrons. The average Bonchev–Trinajstić information content (AvgIpc) is 4.02. The molecule has 0 unspecified atom stereocenters. The fraction of sp³-hybridized carbons (Fsp3) is 0.0145. The van der Waals surface area contributed by atoms with Gasteiger partial charge in [-0.3, -0.25) is 19.2 Å². The molecule has 75 heavy (non-hydrogen) atoms. The number of carbonyl (C=O) groups is 4. The molecule has 0 atom stereocenters. The summed E-state index contributed by atoms with van der Waals surface area (Å²) in [5.74, 6) is -0.984. The van der Waals surface area contributed by atoms with Crippen LogP contribution in [0, 0.1) is 0 Å². The number of nitrogens with zero attached hydrogens (tertiary/aromatic N) is 2. The number of allylic oxidation sites excluding steroid dienone is 2. The van der Waals surface area contributed by atoms with Gasteiger partial charge in [-0.25, -0.2) is 0 Å². The highest BCUT2D eigenvalue weighted by Gasteiger charge is 2.46. The van der Waals surface area contributed by atoms with Gasteiger partial charge in [0.1, 0.15) is 0 Å². The van der Waals surface area contributed by atoms with E-state index in [1.165, 1.54) is 22.3 Å². The Kier molecular flexibility index (Phi) is 10.9. The summed E-state index contributed by atoms with van der Waals surface area (Å²) < 4.78 is 0. The van der Waals surface area contributed by atoms with E-state index in [1.54, 1.807) is 60.7 Å². The summed E-state index contributed by atoms with van der Waals surface area (Å²) in [6.45, 7) is 0. The normalized spacial score (nSPS) is 13.8. The molecule has 0 bridgehead atoms. The lowest BCUT2D eigenvalue weighted by Gasteiger charge is -2.35. The van der Waals surface area contributed by atoms with Crippen molar-refractivity contribution >= 4 is 69.4 Å². The van der Waals surface area contributed by atoms with Crippen molar-refractivity contribution in [2.75, 3.05) is 9.80 Å². The zero-order valence-corrected chi connectivity index (χ0v) is 40.4. The van der Waals surface area contributed by atoms with Gasteiger partial charge in [0.25, 0.3) is 0 Å². The first-order valence-corrected chi connectivity index (χ1v) is 25.0.